The number of benzene rings is 3. The molecule has 0 aliphatic heterocycles. The zero-order valence-corrected chi connectivity index (χ0v) is 16.7. The van der Waals surface area contributed by atoms with Gasteiger partial charge in [0.05, 0.1) is 23.2 Å². The van der Waals surface area contributed by atoms with Crippen LogP contribution < -0.4 is 9.47 Å². The molecule has 1 aliphatic rings. The molecule has 0 radical (unpaired) electrons. The van der Waals surface area contributed by atoms with Crippen molar-refractivity contribution in [2.75, 3.05) is 7.11 Å². The van der Waals surface area contributed by atoms with Gasteiger partial charge in [0.2, 0.25) is 0 Å². The van der Waals surface area contributed by atoms with E-state index in [9.17, 15) is 24.5 Å². The van der Waals surface area contributed by atoms with Gasteiger partial charge in [-0.25, -0.2) is 4.79 Å². The molecule has 0 N–H and O–H groups in total. The SMILES string of the molecule is COc1cc(C=C2C(=O)c3ccccc3C2=O)ccc1OC(=O)c1cccc([N+](=O)[O-])c1. The number of esters is 1. The van der Waals surface area contributed by atoms with Gasteiger partial charge in [0.25, 0.3) is 5.69 Å². The van der Waals surface area contributed by atoms with E-state index in [2.05, 4.69) is 0 Å². The van der Waals surface area contributed by atoms with Crippen molar-refractivity contribution in [3.05, 3.63) is 105 Å². The minimum atomic E-state index is -0.797. The summed E-state index contributed by atoms with van der Waals surface area (Å²) in [6.07, 6.45) is 1.46. The Morgan fingerprint density at radius 2 is 1.59 bits per heavy atom. The zero-order valence-electron chi connectivity index (χ0n) is 16.7. The molecule has 0 spiro atoms. The van der Waals surface area contributed by atoms with Crippen LogP contribution in [0.1, 0.15) is 36.6 Å². The number of hydrogen-bond donors (Lipinski definition) is 0. The number of allylic oxidation sites excluding steroid dienone is 1. The quantitative estimate of drug-likeness (QED) is 0.148. The molecule has 32 heavy (non-hydrogen) atoms. The molecular weight excluding hydrogens is 414 g/mol. The summed E-state index contributed by atoms with van der Waals surface area (Å²) in [6.45, 7) is 0. The molecule has 0 fully saturated rings. The van der Waals surface area contributed by atoms with Crippen LogP contribution in [0.15, 0.2) is 72.3 Å². The van der Waals surface area contributed by atoms with Crippen molar-refractivity contribution >= 4 is 29.3 Å². The minimum absolute atomic E-state index is 0.00682. The van der Waals surface area contributed by atoms with Crippen LogP contribution in [0.2, 0.25) is 0 Å². The highest BCUT2D eigenvalue weighted by atomic mass is 16.6. The Morgan fingerprint density at radius 1 is 0.906 bits per heavy atom. The van der Waals surface area contributed by atoms with Gasteiger partial charge in [-0.1, -0.05) is 36.4 Å². The maximum absolute atomic E-state index is 12.6. The lowest BCUT2D eigenvalue weighted by Crippen LogP contribution is -2.09. The van der Waals surface area contributed by atoms with E-state index >= 15 is 0 Å². The van der Waals surface area contributed by atoms with Crippen molar-refractivity contribution in [2.45, 2.75) is 0 Å². The third kappa shape index (κ3) is 3.77. The second kappa shape index (κ2) is 8.27. The number of fused-ring (bicyclic) bond motifs is 1. The minimum Gasteiger partial charge on any atom is -0.493 e. The summed E-state index contributed by atoms with van der Waals surface area (Å²) >= 11 is 0. The maximum atomic E-state index is 12.6. The van der Waals surface area contributed by atoms with E-state index in [-0.39, 0.29) is 39.9 Å². The molecule has 8 nitrogen and oxygen atoms in total. The standard InChI is InChI=1S/C24H15NO7/c1-31-21-12-14(11-19-22(26)17-7-2-3-8-18(17)23(19)27)9-10-20(21)32-24(28)15-5-4-6-16(13-15)25(29)30/h2-13H,1H3. The van der Waals surface area contributed by atoms with E-state index in [1.165, 1.54) is 43.5 Å². The number of nitro benzene ring substituents is 1. The molecule has 0 saturated carbocycles. The monoisotopic (exact) mass is 429 g/mol. The molecule has 3 aromatic rings. The Hall–Kier alpha value is -4.59. The summed E-state index contributed by atoms with van der Waals surface area (Å²) in [7, 11) is 1.37. The largest absolute Gasteiger partial charge is 0.493 e. The number of rotatable bonds is 5. The normalized spacial score (nSPS) is 12.3. The van der Waals surface area contributed by atoms with Crippen LogP contribution in [-0.4, -0.2) is 29.6 Å². The van der Waals surface area contributed by atoms with Crippen molar-refractivity contribution in [1.82, 2.24) is 0 Å². The number of Topliss-reactive ketones (excluding diaryl/α,β-unsaturated/α-hetero) is 2. The van der Waals surface area contributed by atoms with E-state index in [4.69, 9.17) is 9.47 Å². The maximum Gasteiger partial charge on any atom is 0.343 e. The molecule has 158 valence electrons. The van der Waals surface area contributed by atoms with Gasteiger partial charge in [0.1, 0.15) is 0 Å². The van der Waals surface area contributed by atoms with Crippen LogP contribution >= 0.6 is 0 Å². The molecule has 0 unspecified atom stereocenters. The van der Waals surface area contributed by atoms with Gasteiger partial charge in [0.15, 0.2) is 23.1 Å². The fourth-order valence-electron chi connectivity index (χ4n) is 3.33. The number of nitrogens with zero attached hydrogens (tertiary/aromatic N) is 1. The summed E-state index contributed by atoms with van der Waals surface area (Å²) in [5.41, 5.74) is 1.03. The average molecular weight is 429 g/mol. The average Bonchev–Trinajstić information content (AvgIpc) is 3.05. The van der Waals surface area contributed by atoms with Crippen LogP contribution in [-0.2, 0) is 0 Å². The van der Waals surface area contributed by atoms with E-state index < -0.39 is 10.9 Å². The summed E-state index contributed by atoms with van der Waals surface area (Å²) in [5.74, 6) is -1.24. The van der Waals surface area contributed by atoms with Gasteiger partial charge in [-0.3, -0.25) is 19.7 Å². The number of non-ortho nitro benzene ring substituents is 1. The van der Waals surface area contributed by atoms with Gasteiger partial charge in [0, 0.05) is 23.3 Å². The molecule has 0 atom stereocenters. The van der Waals surface area contributed by atoms with Crippen molar-refractivity contribution < 1.29 is 28.8 Å². The summed E-state index contributed by atoms with van der Waals surface area (Å²) < 4.78 is 10.6. The lowest BCUT2D eigenvalue weighted by molar-refractivity contribution is -0.384. The second-order valence-corrected chi connectivity index (χ2v) is 6.87. The van der Waals surface area contributed by atoms with Gasteiger partial charge in [-0.2, -0.15) is 0 Å². The number of ketones is 2. The number of methoxy groups -OCH3 is 1. The molecule has 0 aromatic heterocycles. The molecule has 0 heterocycles. The zero-order chi connectivity index (χ0) is 22.8. The van der Waals surface area contributed by atoms with Crippen molar-refractivity contribution in [3.63, 3.8) is 0 Å². The highest BCUT2D eigenvalue weighted by Crippen LogP contribution is 2.32. The number of hydrogen-bond acceptors (Lipinski definition) is 7. The first-order valence-electron chi connectivity index (χ1n) is 9.44. The Kier molecular flexibility index (Phi) is 5.34. The Labute approximate surface area is 181 Å². The molecular formula is C24H15NO7. The number of nitro groups is 1. The summed E-state index contributed by atoms with van der Waals surface area (Å²) in [4.78, 5) is 47.9. The highest BCUT2D eigenvalue weighted by molar-refractivity contribution is 6.41. The Morgan fingerprint density at radius 3 is 2.22 bits per heavy atom. The van der Waals surface area contributed by atoms with Crippen molar-refractivity contribution in [1.29, 1.82) is 0 Å². The highest BCUT2D eigenvalue weighted by Gasteiger charge is 2.32. The lowest BCUT2D eigenvalue weighted by Gasteiger charge is -2.10. The number of carbonyl (C=O) groups excluding carboxylic acids is 3. The molecule has 0 bridgehead atoms. The molecule has 0 saturated heterocycles. The van der Waals surface area contributed by atoms with Gasteiger partial charge in [-0.05, 0) is 29.8 Å². The van der Waals surface area contributed by atoms with Crippen LogP contribution in [0, 0.1) is 10.1 Å². The van der Waals surface area contributed by atoms with Crippen LogP contribution in [0.25, 0.3) is 6.08 Å². The predicted molar refractivity (Wildman–Crippen MR) is 114 cm³/mol. The molecule has 1 aliphatic carbocycles. The van der Waals surface area contributed by atoms with Crippen molar-refractivity contribution in [3.8, 4) is 11.5 Å². The predicted octanol–water partition coefficient (Wildman–Crippen LogP) is 4.29. The summed E-state index contributed by atoms with van der Waals surface area (Å²) in [5, 5.41) is 10.9. The van der Waals surface area contributed by atoms with Gasteiger partial charge < -0.3 is 9.47 Å². The fourth-order valence-corrected chi connectivity index (χ4v) is 3.33. The van der Waals surface area contributed by atoms with Crippen LogP contribution in [0.5, 0.6) is 11.5 Å². The van der Waals surface area contributed by atoms with Gasteiger partial charge >= 0.3 is 5.97 Å². The van der Waals surface area contributed by atoms with E-state index in [0.717, 1.165) is 6.07 Å². The molecule has 0 amide bonds. The number of carbonyl (C=O) groups is 3. The van der Waals surface area contributed by atoms with E-state index in [0.29, 0.717) is 16.7 Å². The molecule has 4 rings (SSSR count). The first-order chi connectivity index (χ1) is 15.4. The fraction of sp³-hybridized carbons (Fsp3) is 0.0417. The van der Waals surface area contributed by atoms with Crippen molar-refractivity contribution in [2.24, 2.45) is 0 Å². The third-order valence-corrected chi connectivity index (χ3v) is 4.90. The van der Waals surface area contributed by atoms with Crippen LogP contribution in [0.4, 0.5) is 5.69 Å². The Balaban J connectivity index is 1.60. The van der Waals surface area contributed by atoms with Crippen LogP contribution in [0.3, 0.4) is 0 Å². The topological polar surface area (TPSA) is 113 Å². The Bertz CT molecular complexity index is 1290. The summed E-state index contributed by atoms with van der Waals surface area (Å²) in [6, 6.07) is 16.3. The van der Waals surface area contributed by atoms with E-state index in [1.54, 1.807) is 30.3 Å². The first-order valence-corrected chi connectivity index (χ1v) is 9.44. The number of ether oxygens (including phenoxy) is 2. The van der Waals surface area contributed by atoms with E-state index in [1.807, 2.05) is 0 Å². The van der Waals surface area contributed by atoms with Gasteiger partial charge in [-0.15, -0.1) is 0 Å². The molecule has 8 heteroatoms. The first kappa shape index (κ1) is 20.7. The lowest BCUT2D eigenvalue weighted by atomic mass is 10.1. The smallest absolute Gasteiger partial charge is 0.343 e. The second-order valence-electron chi connectivity index (χ2n) is 6.87. The third-order valence-electron chi connectivity index (χ3n) is 4.90. The molecule has 3 aromatic carbocycles.